The van der Waals surface area contributed by atoms with Gasteiger partial charge in [0.1, 0.15) is 6.61 Å². The smallest absolute Gasteiger partial charge is 0.340 e. The molecule has 1 unspecified atom stereocenters. The molecule has 1 aromatic rings. The third kappa shape index (κ3) is 2.39. The fourth-order valence-electron chi connectivity index (χ4n) is 1.90. The lowest BCUT2D eigenvalue weighted by Gasteiger charge is -2.13. The van der Waals surface area contributed by atoms with Crippen LogP contribution < -0.4 is 4.74 Å². The van der Waals surface area contributed by atoms with Crippen molar-refractivity contribution in [2.24, 2.45) is 0 Å². The number of phenolic OH excluding ortho intramolecular Hbond substituents is 1. The molecule has 1 N–H and O–H groups in total. The molecule has 0 spiro atoms. The van der Waals surface area contributed by atoms with Gasteiger partial charge in [-0.3, -0.25) is 0 Å². The average molecular weight is 327 g/mol. The summed E-state index contributed by atoms with van der Waals surface area (Å²) >= 11 is 3.26. The van der Waals surface area contributed by atoms with Gasteiger partial charge in [0.05, 0.1) is 24.8 Å². The fraction of sp³-hybridized carbons (Fsp3) is 0.308. The summed E-state index contributed by atoms with van der Waals surface area (Å²) in [5.41, 5.74) is 0.640. The second kappa shape index (κ2) is 5.51. The number of aromatic hydroxyl groups is 1. The van der Waals surface area contributed by atoms with Crippen molar-refractivity contribution in [3.8, 4) is 23.8 Å². The first kappa shape index (κ1) is 13.7. The summed E-state index contributed by atoms with van der Waals surface area (Å²) in [7, 11) is 1.43. The highest BCUT2D eigenvalue weighted by atomic mass is 79.9. The van der Waals surface area contributed by atoms with Crippen molar-refractivity contribution in [2.45, 2.75) is 6.10 Å². The fourth-order valence-corrected chi connectivity index (χ4v) is 2.48. The Morgan fingerprint density at radius 2 is 2.37 bits per heavy atom. The van der Waals surface area contributed by atoms with E-state index >= 15 is 0 Å². The number of terminal acetylenes is 1. The first-order valence-electron chi connectivity index (χ1n) is 5.41. The second-order valence-electron chi connectivity index (χ2n) is 3.81. The van der Waals surface area contributed by atoms with Crippen LogP contribution in [0.5, 0.6) is 11.5 Å². The van der Waals surface area contributed by atoms with Gasteiger partial charge in [-0.2, -0.15) is 0 Å². The largest absolute Gasteiger partial charge is 0.504 e. The van der Waals surface area contributed by atoms with Gasteiger partial charge in [-0.25, -0.2) is 4.79 Å². The van der Waals surface area contributed by atoms with E-state index in [0.29, 0.717) is 10.0 Å². The average Bonchev–Trinajstić information content (AvgIpc) is 2.72. The van der Waals surface area contributed by atoms with Crippen molar-refractivity contribution in [1.29, 1.82) is 0 Å². The van der Waals surface area contributed by atoms with E-state index in [1.165, 1.54) is 13.2 Å². The quantitative estimate of drug-likeness (QED) is 0.521. The Bertz CT molecular complexity index is 561. The summed E-state index contributed by atoms with van der Waals surface area (Å²) in [6.07, 6.45) is 4.38. The Morgan fingerprint density at radius 1 is 1.63 bits per heavy atom. The monoisotopic (exact) mass is 326 g/mol. The standard InChI is InChI=1S/C13H11BrO5/c1-3-4-18-6-9-11-10(13(16)19-9)7(14)5-8(17-2)12(11)15/h1,5,9,15H,4,6H2,2H3. The summed E-state index contributed by atoms with van der Waals surface area (Å²) in [6.45, 7) is 0.186. The van der Waals surface area contributed by atoms with Crippen LogP contribution in [0.3, 0.4) is 0 Å². The van der Waals surface area contributed by atoms with E-state index in [0.717, 1.165) is 0 Å². The number of cyclic esters (lactones) is 1. The van der Waals surface area contributed by atoms with Gasteiger partial charge in [-0.1, -0.05) is 5.92 Å². The highest BCUT2D eigenvalue weighted by Gasteiger charge is 2.37. The topological polar surface area (TPSA) is 65.0 Å². The van der Waals surface area contributed by atoms with E-state index in [4.69, 9.17) is 20.6 Å². The van der Waals surface area contributed by atoms with Crippen LogP contribution in [0, 0.1) is 12.3 Å². The number of ether oxygens (including phenoxy) is 3. The first-order valence-corrected chi connectivity index (χ1v) is 6.21. The van der Waals surface area contributed by atoms with Crippen LogP contribution in [0.1, 0.15) is 22.0 Å². The van der Waals surface area contributed by atoms with Crippen molar-refractivity contribution < 1.29 is 24.1 Å². The van der Waals surface area contributed by atoms with Crippen LogP contribution in [0.4, 0.5) is 0 Å². The molecule has 2 rings (SSSR count). The normalized spacial score (nSPS) is 16.7. The molecular formula is C13H11BrO5. The Hall–Kier alpha value is -1.71. The van der Waals surface area contributed by atoms with Gasteiger partial charge in [0.2, 0.25) is 0 Å². The summed E-state index contributed by atoms with van der Waals surface area (Å²) in [6, 6.07) is 1.51. The van der Waals surface area contributed by atoms with Gasteiger partial charge in [-0.15, -0.1) is 6.42 Å². The zero-order valence-corrected chi connectivity index (χ0v) is 11.7. The van der Waals surface area contributed by atoms with Crippen molar-refractivity contribution in [1.82, 2.24) is 0 Å². The molecule has 1 heterocycles. The van der Waals surface area contributed by atoms with Gasteiger partial charge >= 0.3 is 5.97 Å². The molecule has 19 heavy (non-hydrogen) atoms. The molecule has 1 atom stereocenters. The Balaban J connectivity index is 2.41. The van der Waals surface area contributed by atoms with Crippen molar-refractivity contribution in [3.05, 3.63) is 21.7 Å². The SMILES string of the molecule is C#CCOCC1OC(=O)c2c(Br)cc(OC)c(O)c21. The van der Waals surface area contributed by atoms with E-state index in [1.807, 2.05) is 0 Å². The van der Waals surface area contributed by atoms with Crippen molar-refractivity contribution in [3.63, 3.8) is 0 Å². The third-order valence-corrected chi connectivity index (χ3v) is 3.33. The maximum Gasteiger partial charge on any atom is 0.340 e. The zero-order valence-electron chi connectivity index (χ0n) is 10.1. The lowest BCUT2D eigenvalue weighted by molar-refractivity contribution is 0.00988. The lowest BCUT2D eigenvalue weighted by atomic mass is 10.0. The summed E-state index contributed by atoms with van der Waals surface area (Å²) < 4.78 is 15.9. The van der Waals surface area contributed by atoms with E-state index in [9.17, 15) is 9.90 Å². The zero-order chi connectivity index (χ0) is 14.0. The van der Waals surface area contributed by atoms with Crippen LogP contribution in [0.25, 0.3) is 0 Å². The minimum absolute atomic E-state index is 0.0795. The van der Waals surface area contributed by atoms with Crippen LogP contribution in [-0.4, -0.2) is 31.4 Å². The number of fused-ring (bicyclic) bond motifs is 1. The maximum atomic E-state index is 11.8. The van der Waals surface area contributed by atoms with E-state index in [2.05, 4.69) is 21.9 Å². The molecule has 0 aromatic heterocycles. The second-order valence-corrected chi connectivity index (χ2v) is 4.67. The van der Waals surface area contributed by atoms with Crippen LogP contribution in [0.15, 0.2) is 10.5 Å². The summed E-state index contributed by atoms with van der Waals surface area (Å²) in [4.78, 5) is 11.8. The molecule has 0 fully saturated rings. The Kier molecular flexibility index (Phi) is 3.98. The molecule has 0 radical (unpaired) electrons. The van der Waals surface area contributed by atoms with E-state index in [1.54, 1.807) is 0 Å². The molecule has 6 heteroatoms. The molecule has 0 amide bonds. The minimum Gasteiger partial charge on any atom is -0.504 e. The number of carbonyl (C=O) groups excluding carboxylic acids is 1. The van der Waals surface area contributed by atoms with Crippen molar-refractivity contribution in [2.75, 3.05) is 20.3 Å². The lowest BCUT2D eigenvalue weighted by Crippen LogP contribution is -2.08. The predicted molar refractivity (Wildman–Crippen MR) is 70.2 cm³/mol. The van der Waals surface area contributed by atoms with Crippen molar-refractivity contribution >= 4 is 21.9 Å². The predicted octanol–water partition coefficient (Wildman–Crippen LogP) is 2.02. The molecule has 0 saturated carbocycles. The van der Waals surface area contributed by atoms with Crippen LogP contribution >= 0.6 is 15.9 Å². The minimum atomic E-state index is -0.692. The van der Waals surface area contributed by atoms with Gasteiger partial charge in [-0.05, 0) is 22.0 Å². The number of methoxy groups -OCH3 is 1. The van der Waals surface area contributed by atoms with Crippen LogP contribution in [0.2, 0.25) is 0 Å². The van der Waals surface area contributed by atoms with Gasteiger partial charge in [0.15, 0.2) is 17.6 Å². The highest BCUT2D eigenvalue weighted by Crippen LogP contribution is 2.45. The molecule has 1 aliphatic heterocycles. The third-order valence-electron chi connectivity index (χ3n) is 2.70. The molecule has 100 valence electrons. The highest BCUT2D eigenvalue weighted by molar-refractivity contribution is 9.10. The summed E-state index contributed by atoms with van der Waals surface area (Å²) in [5, 5.41) is 10.1. The van der Waals surface area contributed by atoms with E-state index in [-0.39, 0.29) is 30.3 Å². The molecule has 5 nitrogen and oxygen atoms in total. The molecular weight excluding hydrogens is 316 g/mol. The number of halogens is 1. The number of rotatable bonds is 4. The van der Waals surface area contributed by atoms with Gasteiger partial charge < -0.3 is 19.3 Å². The maximum absolute atomic E-state index is 11.8. The van der Waals surface area contributed by atoms with E-state index < -0.39 is 12.1 Å². The molecule has 1 aliphatic rings. The molecule has 0 saturated heterocycles. The van der Waals surface area contributed by atoms with Gasteiger partial charge in [0.25, 0.3) is 0 Å². The number of phenols is 1. The van der Waals surface area contributed by atoms with Crippen LogP contribution in [-0.2, 0) is 9.47 Å². The number of carbonyl (C=O) groups is 1. The Morgan fingerprint density at radius 3 is 3.00 bits per heavy atom. The number of esters is 1. The van der Waals surface area contributed by atoms with Gasteiger partial charge in [0, 0.05) is 4.47 Å². The molecule has 1 aromatic carbocycles. The number of benzene rings is 1. The number of hydrogen-bond acceptors (Lipinski definition) is 5. The molecule has 0 bridgehead atoms. The molecule has 0 aliphatic carbocycles. The Labute approximate surface area is 118 Å². The first-order chi connectivity index (χ1) is 9.10. The summed E-state index contributed by atoms with van der Waals surface area (Å²) in [5.74, 6) is 1.93. The number of hydrogen-bond donors (Lipinski definition) is 1.